The normalized spacial score (nSPS) is 13.6. The molecule has 4 heteroatoms. The van der Waals surface area contributed by atoms with E-state index >= 15 is 0 Å². The summed E-state index contributed by atoms with van der Waals surface area (Å²) < 4.78 is 1.01. The van der Waals surface area contributed by atoms with E-state index < -0.39 is 0 Å². The smallest absolute Gasteiger partial charge is 0.255 e. The number of carbonyl (C=O) groups excluding carboxylic acids is 1. The molecule has 1 aliphatic heterocycles. The number of fused-ring (bicyclic) bond motifs is 1. The van der Waals surface area contributed by atoms with Gasteiger partial charge in [-0.15, -0.1) is 0 Å². The Hall–Kier alpha value is -1.65. The molecule has 0 fully saturated rings. The van der Waals surface area contributed by atoms with Crippen LogP contribution in [0, 0.1) is 6.92 Å². The van der Waals surface area contributed by atoms with Gasteiger partial charge in [-0.3, -0.25) is 4.79 Å². The number of amides is 1. The van der Waals surface area contributed by atoms with Gasteiger partial charge in [-0.25, -0.2) is 0 Å². The quantitative estimate of drug-likeness (QED) is 0.872. The third kappa shape index (κ3) is 3.17. The summed E-state index contributed by atoms with van der Waals surface area (Å²) in [4.78, 5) is 12.3. The van der Waals surface area contributed by atoms with E-state index in [2.05, 4.69) is 38.7 Å². The van der Waals surface area contributed by atoms with Gasteiger partial charge in [0.05, 0.1) is 0 Å². The Bertz CT molecular complexity index is 697. The van der Waals surface area contributed by atoms with Gasteiger partial charge in [0.2, 0.25) is 0 Å². The van der Waals surface area contributed by atoms with Crippen molar-refractivity contribution in [3.05, 3.63) is 63.1 Å². The van der Waals surface area contributed by atoms with Crippen molar-refractivity contribution in [1.82, 2.24) is 5.32 Å². The molecular formula is C17H17BrN2O. The number of rotatable bonds is 2. The number of hydrogen-bond donors (Lipinski definition) is 2. The van der Waals surface area contributed by atoms with Crippen molar-refractivity contribution in [2.24, 2.45) is 0 Å². The van der Waals surface area contributed by atoms with Crippen molar-refractivity contribution in [3.8, 4) is 0 Å². The van der Waals surface area contributed by atoms with Crippen LogP contribution in [0.5, 0.6) is 0 Å². The zero-order valence-electron chi connectivity index (χ0n) is 11.9. The fourth-order valence-electron chi connectivity index (χ4n) is 2.55. The fourth-order valence-corrected chi connectivity index (χ4v) is 2.79. The summed E-state index contributed by atoms with van der Waals surface area (Å²) in [7, 11) is 0. The number of nitrogens with one attached hydrogen (secondary N) is 2. The van der Waals surface area contributed by atoms with E-state index in [1.807, 2.05) is 31.2 Å². The first-order valence-corrected chi connectivity index (χ1v) is 7.83. The number of halogens is 1. The van der Waals surface area contributed by atoms with Crippen molar-refractivity contribution in [2.75, 3.05) is 11.9 Å². The lowest BCUT2D eigenvalue weighted by molar-refractivity contribution is 0.102. The summed E-state index contributed by atoms with van der Waals surface area (Å²) in [5.41, 5.74) is 5.21. The van der Waals surface area contributed by atoms with Crippen molar-refractivity contribution < 1.29 is 4.79 Å². The average Bonchev–Trinajstić information content (AvgIpc) is 2.50. The monoisotopic (exact) mass is 344 g/mol. The molecule has 1 aliphatic rings. The molecule has 0 saturated carbocycles. The minimum absolute atomic E-state index is 0.0747. The molecule has 0 atom stereocenters. The minimum atomic E-state index is -0.0747. The summed E-state index contributed by atoms with van der Waals surface area (Å²) in [5, 5.41) is 6.32. The standard InChI is InChI=1S/C17H17BrN2O/c1-11-8-13(3-5-16(11)18)17(21)20-15-4-2-12-6-7-19-10-14(12)9-15/h2-5,8-9,19H,6-7,10H2,1H3,(H,20,21). The number of carbonyl (C=O) groups is 1. The van der Waals surface area contributed by atoms with Crippen LogP contribution in [0.15, 0.2) is 40.9 Å². The largest absolute Gasteiger partial charge is 0.322 e. The highest BCUT2D eigenvalue weighted by molar-refractivity contribution is 9.10. The van der Waals surface area contributed by atoms with Crippen LogP contribution in [0.4, 0.5) is 5.69 Å². The third-order valence-electron chi connectivity index (χ3n) is 3.77. The highest BCUT2D eigenvalue weighted by Gasteiger charge is 2.11. The molecule has 0 unspecified atom stereocenters. The second-order valence-corrected chi connectivity index (χ2v) is 6.18. The van der Waals surface area contributed by atoms with Crippen molar-refractivity contribution in [2.45, 2.75) is 19.9 Å². The van der Waals surface area contributed by atoms with E-state index in [1.165, 1.54) is 11.1 Å². The Morgan fingerprint density at radius 2 is 2.05 bits per heavy atom. The van der Waals surface area contributed by atoms with Crippen molar-refractivity contribution >= 4 is 27.5 Å². The Labute approximate surface area is 132 Å². The number of aryl methyl sites for hydroxylation is 1. The van der Waals surface area contributed by atoms with Crippen LogP contribution in [-0.2, 0) is 13.0 Å². The van der Waals surface area contributed by atoms with E-state index in [4.69, 9.17) is 0 Å². The van der Waals surface area contributed by atoms with Crippen LogP contribution in [0.25, 0.3) is 0 Å². The van der Waals surface area contributed by atoms with Gasteiger partial charge in [-0.05, 0) is 66.9 Å². The van der Waals surface area contributed by atoms with Gasteiger partial charge in [0.15, 0.2) is 0 Å². The maximum Gasteiger partial charge on any atom is 0.255 e. The van der Waals surface area contributed by atoms with Gasteiger partial charge in [0.1, 0.15) is 0 Å². The summed E-state index contributed by atoms with van der Waals surface area (Å²) in [6, 6.07) is 11.8. The molecule has 108 valence electrons. The maximum absolute atomic E-state index is 12.3. The van der Waals surface area contributed by atoms with Crippen LogP contribution in [-0.4, -0.2) is 12.5 Å². The Morgan fingerprint density at radius 3 is 2.86 bits per heavy atom. The maximum atomic E-state index is 12.3. The van der Waals surface area contributed by atoms with Gasteiger partial charge in [-0.2, -0.15) is 0 Å². The highest BCUT2D eigenvalue weighted by atomic mass is 79.9. The average molecular weight is 345 g/mol. The lowest BCUT2D eigenvalue weighted by Crippen LogP contribution is -2.23. The predicted molar refractivity (Wildman–Crippen MR) is 88.7 cm³/mol. The molecule has 2 N–H and O–H groups in total. The summed E-state index contributed by atoms with van der Waals surface area (Å²) in [5.74, 6) is -0.0747. The molecule has 1 heterocycles. The molecule has 2 aromatic carbocycles. The molecule has 21 heavy (non-hydrogen) atoms. The summed E-state index contributed by atoms with van der Waals surface area (Å²) in [6.07, 6.45) is 1.05. The first kappa shape index (κ1) is 14.3. The number of anilines is 1. The Morgan fingerprint density at radius 1 is 1.19 bits per heavy atom. The third-order valence-corrected chi connectivity index (χ3v) is 4.66. The number of benzene rings is 2. The highest BCUT2D eigenvalue weighted by Crippen LogP contribution is 2.21. The second kappa shape index (κ2) is 6.00. The molecule has 0 aromatic heterocycles. The van der Waals surface area contributed by atoms with Crippen LogP contribution in [0.2, 0.25) is 0 Å². The molecule has 0 bridgehead atoms. The van der Waals surface area contributed by atoms with Gasteiger partial charge in [-0.1, -0.05) is 22.0 Å². The van der Waals surface area contributed by atoms with Gasteiger partial charge in [0, 0.05) is 22.3 Å². The number of hydrogen-bond acceptors (Lipinski definition) is 2. The molecule has 2 aromatic rings. The molecular weight excluding hydrogens is 328 g/mol. The van der Waals surface area contributed by atoms with Crippen molar-refractivity contribution in [1.29, 1.82) is 0 Å². The van der Waals surface area contributed by atoms with Crippen LogP contribution in [0.1, 0.15) is 27.0 Å². The fraction of sp³-hybridized carbons (Fsp3) is 0.235. The molecule has 0 radical (unpaired) electrons. The zero-order valence-corrected chi connectivity index (χ0v) is 13.5. The van der Waals surface area contributed by atoms with Gasteiger partial charge < -0.3 is 10.6 Å². The summed E-state index contributed by atoms with van der Waals surface area (Å²) in [6.45, 7) is 3.87. The Balaban J connectivity index is 1.79. The Kier molecular flexibility index (Phi) is 4.08. The van der Waals surface area contributed by atoms with Gasteiger partial charge >= 0.3 is 0 Å². The van der Waals surface area contributed by atoms with Gasteiger partial charge in [0.25, 0.3) is 5.91 Å². The molecule has 3 rings (SSSR count). The van der Waals surface area contributed by atoms with E-state index in [-0.39, 0.29) is 5.91 Å². The van der Waals surface area contributed by atoms with E-state index in [0.717, 1.165) is 35.2 Å². The second-order valence-electron chi connectivity index (χ2n) is 5.33. The molecule has 3 nitrogen and oxygen atoms in total. The molecule has 0 saturated heterocycles. The molecule has 0 spiro atoms. The predicted octanol–water partition coefficient (Wildman–Crippen LogP) is 3.66. The molecule has 1 amide bonds. The van der Waals surface area contributed by atoms with E-state index in [0.29, 0.717) is 5.56 Å². The van der Waals surface area contributed by atoms with Crippen LogP contribution >= 0.6 is 15.9 Å². The first-order valence-electron chi connectivity index (χ1n) is 7.03. The lowest BCUT2D eigenvalue weighted by atomic mass is 10.0. The van der Waals surface area contributed by atoms with Crippen LogP contribution < -0.4 is 10.6 Å². The molecule has 0 aliphatic carbocycles. The lowest BCUT2D eigenvalue weighted by Gasteiger charge is -2.18. The zero-order chi connectivity index (χ0) is 14.8. The van der Waals surface area contributed by atoms with Crippen LogP contribution in [0.3, 0.4) is 0 Å². The first-order chi connectivity index (χ1) is 10.1. The SMILES string of the molecule is Cc1cc(C(=O)Nc2ccc3c(c2)CNCC3)ccc1Br. The van der Waals surface area contributed by atoms with E-state index in [9.17, 15) is 4.79 Å². The van der Waals surface area contributed by atoms with Crippen molar-refractivity contribution in [3.63, 3.8) is 0 Å². The van der Waals surface area contributed by atoms with E-state index in [1.54, 1.807) is 0 Å². The topological polar surface area (TPSA) is 41.1 Å². The summed E-state index contributed by atoms with van der Waals surface area (Å²) >= 11 is 3.45. The minimum Gasteiger partial charge on any atom is -0.322 e.